The third-order valence-corrected chi connectivity index (χ3v) is 5.36. The SMILES string of the molecule is O=C(N1CCN(C2CNC2)CC1)C1(c2ccccc2)CC1. The van der Waals surface area contributed by atoms with E-state index in [1.807, 2.05) is 18.2 Å². The molecule has 4 rings (SSSR count). The zero-order valence-corrected chi connectivity index (χ0v) is 12.4. The molecule has 2 saturated heterocycles. The Morgan fingerprint density at radius 2 is 1.71 bits per heavy atom. The summed E-state index contributed by atoms with van der Waals surface area (Å²) in [5.41, 5.74) is 1.02. The van der Waals surface area contributed by atoms with Gasteiger partial charge in [-0.2, -0.15) is 0 Å². The summed E-state index contributed by atoms with van der Waals surface area (Å²) >= 11 is 0. The lowest BCUT2D eigenvalue weighted by Gasteiger charge is -2.44. The Morgan fingerprint density at radius 3 is 2.24 bits per heavy atom. The van der Waals surface area contributed by atoms with E-state index in [9.17, 15) is 4.79 Å². The Hall–Kier alpha value is -1.39. The fourth-order valence-corrected chi connectivity index (χ4v) is 3.63. The summed E-state index contributed by atoms with van der Waals surface area (Å²) < 4.78 is 0. The number of rotatable bonds is 3. The van der Waals surface area contributed by atoms with Gasteiger partial charge in [-0.15, -0.1) is 0 Å². The van der Waals surface area contributed by atoms with Crippen LogP contribution in [0.2, 0.25) is 0 Å². The lowest BCUT2D eigenvalue weighted by Crippen LogP contribution is -2.62. The Bertz CT molecular complexity index is 514. The van der Waals surface area contributed by atoms with Gasteiger partial charge in [0.1, 0.15) is 0 Å². The molecular formula is C17H23N3O. The molecule has 3 aliphatic rings. The molecule has 0 spiro atoms. The number of hydrogen-bond acceptors (Lipinski definition) is 3. The Morgan fingerprint density at radius 1 is 1.05 bits per heavy atom. The van der Waals surface area contributed by atoms with Gasteiger partial charge in [0.25, 0.3) is 0 Å². The summed E-state index contributed by atoms with van der Waals surface area (Å²) in [6, 6.07) is 11.0. The van der Waals surface area contributed by atoms with Crippen molar-refractivity contribution in [1.82, 2.24) is 15.1 Å². The van der Waals surface area contributed by atoms with Crippen molar-refractivity contribution in [2.24, 2.45) is 0 Å². The molecular weight excluding hydrogens is 262 g/mol. The third-order valence-electron chi connectivity index (χ3n) is 5.36. The van der Waals surface area contributed by atoms with Gasteiger partial charge in [-0.25, -0.2) is 0 Å². The molecule has 0 unspecified atom stereocenters. The molecule has 1 N–H and O–H groups in total. The van der Waals surface area contributed by atoms with E-state index in [4.69, 9.17) is 0 Å². The van der Waals surface area contributed by atoms with Crippen molar-refractivity contribution in [3.8, 4) is 0 Å². The molecule has 3 fully saturated rings. The van der Waals surface area contributed by atoms with Gasteiger partial charge >= 0.3 is 0 Å². The fraction of sp³-hybridized carbons (Fsp3) is 0.588. The zero-order chi connectivity index (χ0) is 14.3. The molecule has 0 radical (unpaired) electrons. The quantitative estimate of drug-likeness (QED) is 0.894. The molecule has 4 nitrogen and oxygen atoms in total. The second-order valence-corrected chi connectivity index (χ2v) is 6.59. The minimum Gasteiger partial charge on any atom is -0.339 e. The highest BCUT2D eigenvalue weighted by molar-refractivity contribution is 5.91. The predicted molar refractivity (Wildman–Crippen MR) is 82.2 cm³/mol. The van der Waals surface area contributed by atoms with Crippen LogP contribution < -0.4 is 5.32 Å². The maximum absolute atomic E-state index is 12.9. The van der Waals surface area contributed by atoms with Crippen LogP contribution in [-0.4, -0.2) is 61.0 Å². The van der Waals surface area contributed by atoms with Gasteiger partial charge in [0.2, 0.25) is 5.91 Å². The second-order valence-electron chi connectivity index (χ2n) is 6.59. The monoisotopic (exact) mass is 285 g/mol. The number of nitrogens with one attached hydrogen (secondary N) is 1. The first-order valence-corrected chi connectivity index (χ1v) is 8.09. The normalized spacial score (nSPS) is 25.4. The largest absolute Gasteiger partial charge is 0.339 e. The van der Waals surface area contributed by atoms with E-state index in [-0.39, 0.29) is 5.41 Å². The van der Waals surface area contributed by atoms with Crippen LogP contribution in [0.1, 0.15) is 18.4 Å². The van der Waals surface area contributed by atoms with E-state index >= 15 is 0 Å². The van der Waals surface area contributed by atoms with Crippen LogP contribution in [0.4, 0.5) is 0 Å². The molecule has 1 aromatic rings. The van der Waals surface area contributed by atoms with Crippen LogP contribution in [0.5, 0.6) is 0 Å². The molecule has 2 heterocycles. The highest BCUT2D eigenvalue weighted by Crippen LogP contribution is 2.49. The van der Waals surface area contributed by atoms with E-state index in [0.29, 0.717) is 11.9 Å². The van der Waals surface area contributed by atoms with Gasteiger partial charge in [0.05, 0.1) is 5.41 Å². The van der Waals surface area contributed by atoms with E-state index < -0.39 is 0 Å². The molecule has 2 aliphatic heterocycles. The van der Waals surface area contributed by atoms with E-state index in [1.165, 1.54) is 5.56 Å². The number of hydrogen-bond donors (Lipinski definition) is 1. The highest BCUT2D eigenvalue weighted by atomic mass is 16.2. The summed E-state index contributed by atoms with van der Waals surface area (Å²) in [7, 11) is 0. The molecule has 1 saturated carbocycles. The Balaban J connectivity index is 1.42. The van der Waals surface area contributed by atoms with E-state index in [0.717, 1.165) is 52.1 Å². The maximum Gasteiger partial charge on any atom is 0.233 e. The third kappa shape index (κ3) is 2.27. The highest BCUT2D eigenvalue weighted by Gasteiger charge is 2.53. The summed E-state index contributed by atoms with van der Waals surface area (Å²) in [6.07, 6.45) is 2.03. The number of carbonyl (C=O) groups is 1. The maximum atomic E-state index is 12.9. The van der Waals surface area contributed by atoms with Crippen molar-refractivity contribution in [2.75, 3.05) is 39.3 Å². The topological polar surface area (TPSA) is 35.6 Å². The lowest BCUT2D eigenvalue weighted by atomic mass is 9.94. The average Bonchev–Trinajstić information content (AvgIpc) is 3.28. The minimum atomic E-state index is -0.193. The van der Waals surface area contributed by atoms with Crippen LogP contribution in [-0.2, 0) is 10.2 Å². The number of benzene rings is 1. The molecule has 21 heavy (non-hydrogen) atoms. The molecule has 4 heteroatoms. The Labute approximate surface area is 126 Å². The van der Waals surface area contributed by atoms with Crippen LogP contribution >= 0.6 is 0 Å². The fourth-order valence-electron chi connectivity index (χ4n) is 3.63. The van der Waals surface area contributed by atoms with Crippen LogP contribution in [0.15, 0.2) is 30.3 Å². The van der Waals surface area contributed by atoms with Gasteiger partial charge in [-0.05, 0) is 18.4 Å². The van der Waals surface area contributed by atoms with Crippen molar-refractivity contribution in [3.63, 3.8) is 0 Å². The van der Waals surface area contributed by atoms with Crippen molar-refractivity contribution < 1.29 is 4.79 Å². The van der Waals surface area contributed by atoms with E-state index in [2.05, 4.69) is 27.2 Å². The lowest BCUT2D eigenvalue weighted by molar-refractivity contribution is -0.136. The number of nitrogens with zero attached hydrogens (tertiary/aromatic N) is 2. The Kier molecular flexibility index (Phi) is 3.23. The molecule has 112 valence electrons. The van der Waals surface area contributed by atoms with Gasteiger partial charge in [-0.1, -0.05) is 30.3 Å². The first-order valence-electron chi connectivity index (χ1n) is 8.09. The molecule has 0 atom stereocenters. The van der Waals surface area contributed by atoms with Crippen molar-refractivity contribution in [1.29, 1.82) is 0 Å². The van der Waals surface area contributed by atoms with Crippen molar-refractivity contribution >= 4 is 5.91 Å². The summed E-state index contributed by atoms with van der Waals surface area (Å²) in [6.45, 7) is 6.07. The summed E-state index contributed by atoms with van der Waals surface area (Å²) in [4.78, 5) is 17.6. The first kappa shape index (κ1) is 13.3. The average molecular weight is 285 g/mol. The molecule has 0 bridgehead atoms. The van der Waals surface area contributed by atoms with Crippen LogP contribution in [0, 0.1) is 0 Å². The van der Waals surface area contributed by atoms with Crippen molar-refractivity contribution in [2.45, 2.75) is 24.3 Å². The number of piperazine rings is 1. The molecule has 0 aromatic heterocycles. The minimum absolute atomic E-state index is 0.193. The predicted octanol–water partition coefficient (Wildman–Crippen LogP) is 0.834. The van der Waals surface area contributed by atoms with E-state index in [1.54, 1.807) is 0 Å². The summed E-state index contributed by atoms with van der Waals surface area (Å²) in [5.74, 6) is 0.361. The van der Waals surface area contributed by atoms with Gasteiger partial charge in [0.15, 0.2) is 0 Å². The summed E-state index contributed by atoms with van der Waals surface area (Å²) in [5, 5.41) is 3.33. The van der Waals surface area contributed by atoms with Crippen LogP contribution in [0.25, 0.3) is 0 Å². The molecule has 1 amide bonds. The van der Waals surface area contributed by atoms with Crippen molar-refractivity contribution in [3.05, 3.63) is 35.9 Å². The standard InChI is InChI=1S/C17H23N3O/c21-16(17(6-7-17)14-4-2-1-3-5-14)20-10-8-19(9-11-20)15-12-18-13-15/h1-5,15,18H,6-13H2. The molecule has 1 aliphatic carbocycles. The van der Waals surface area contributed by atoms with Gasteiger partial charge in [0, 0.05) is 45.3 Å². The number of amides is 1. The smallest absolute Gasteiger partial charge is 0.233 e. The number of carbonyl (C=O) groups excluding carboxylic acids is 1. The van der Waals surface area contributed by atoms with Gasteiger partial charge < -0.3 is 10.2 Å². The second kappa shape index (κ2) is 5.11. The van der Waals surface area contributed by atoms with Gasteiger partial charge in [-0.3, -0.25) is 9.69 Å². The molecule has 1 aromatic carbocycles. The van der Waals surface area contributed by atoms with Crippen LogP contribution in [0.3, 0.4) is 0 Å². The first-order chi connectivity index (χ1) is 10.3. The zero-order valence-electron chi connectivity index (χ0n) is 12.4.